The van der Waals surface area contributed by atoms with Gasteiger partial charge in [0, 0.05) is 6.07 Å². The van der Waals surface area contributed by atoms with Gasteiger partial charge in [0.2, 0.25) is 0 Å². The lowest BCUT2D eigenvalue weighted by Crippen LogP contribution is -1.93. The molecule has 0 spiro atoms. The van der Waals surface area contributed by atoms with Crippen LogP contribution in [0.25, 0.3) is 10.9 Å². The fraction of sp³-hybridized carbons (Fsp3) is 0. The highest BCUT2D eigenvalue weighted by molar-refractivity contribution is 6.41. The zero-order valence-corrected chi connectivity index (χ0v) is 8.66. The lowest BCUT2D eigenvalue weighted by Gasteiger charge is -2.01. The molecule has 0 saturated carbocycles. The number of hydrogen-bond donors (Lipinski definition) is 0. The van der Waals surface area contributed by atoms with Crippen LogP contribution in [0.4, 0.5) is 5.69 Å². The molecule has 7 heteroatoms. The fourth-order valence-corrected chi connectivity index (χ4v) is 1.76. The highest BCUT2D eigenvalue weighted by Gasteiger charge is 2.17. The molecule has 0 N–H and O–H groups in total. The van der Waals surface area contributed by atoms with Gasteiger partial charge in [0.15, 0.2) is 5.52 Å². The van der Waals surface area contributed by atoms with Crippen molar-refractivity contribution in [3.05, 3.63) is 38.8 Å². The quantitative estimate of drug-likeness (QED) is 0.439. The van der Waals surface area contributed by atoms with Crippen LogP contribution < -0.4 is 0 Å². The van der Waals surface area contributed by atoms with E-state index in [-0.39, 0.29) is 16.4 Å². The highest BCUT2D eigenvalue weighted by atomic mass is 35.5. The van der Waals surface area contributed by atoms with Crippen LogP contribution in [-0.4, -0.2) is 14.9 Å². The molecule has 1 aromatic carbocycles. The van der Waals surface area contributed by atoms with Crippen LogP contribution in [0.3, 0.4) is 0 Å². The Morgan fingerprint density at radius 2 is 2.00 bits per heavy atom. The van der Waals surface area contributed by atoms with E-state index in [0.717, 1.165) is 6.33 Å². The Kier molecular flexibility index (Phi) is 2.42. The van der Waals surface area contributed by atoms with Crippen molar-refractivity contribution in [2.24, 2.45) is 0 Å². The molecule has 0 unspecified atom stereocenters. The first-order valence-electron chi connectivity index (χ1n) is 3.84. The minimum atomic E-state index is -0.540. The Morgan fingerprint density at radius 1 is 1.27 bits per heavy atom. The summed E-state index contributed by atoms with van der Waals surface area (Å²) < 4.78 is 0. The van der Waals surface area contributed by atoms with E-state index in [2.05, 4.69) is 9.97 Å². The van der Waals surface area contributed by atoms with Crippen molar-refractivity contribution >= 4 is 39.8 Å². The van der Waals surface area contributed by atoms with Crippen molar-refractivity contribution in [1.29, 1.82) is 0 Å². The summed E-state index contributed by atoms with van der Waals surface area (Å²) in [5.41, 5.74) is 0.00574. The standard InChI is InChI=1S/C8H3Cl2N3O2/c9-4-1-2-5(13(14)15)7-6(4)8(10)12-3-11-7/h1-3H. The molecule has 0 fully saturated rings. The molecule has 0 bridgehead atoms. The second kappa shape index (κ2) is 3.60. The van der Waals surface area contributed by atoms with Gasteiger partial charge in [-0.25, -0.2) is 9.97 Å². The minimum Gasteiger partial charge on any atom is -0.258 e. The van der Waals surface area contributed by atoms with Crippen LogP contribution in [0.2, 0.25) is 10.2 Å². The molecule has 0 saturated heterocycles. The van der Waals surface area contributed by atoms with Crippen LogP contribution >= 0.6 is 23.2 Å². The fourth-order valence-electron chi connectivity index (χ4n) is 1.23. The van der Waals surface area contributed by atoms with Gasteiger partial charge < -0.3 is 0 Å². The number of fused-ring (bicyclic) bond motifs is 1. The number of aromatic nitrogens is 2. The van der Waals surface area contributed by atoms with E-state index in [4.69, 9.17) is 23.2 Å². The second-order valence-corrected chi connectivity index (χ2v) is 3.48. The Balaban J connectivity index is 2.95. The van der Waals surface area contributed by atoms with Crippen molar-refractivity contribution in [2.75, 3.05) is 0 Å². The number of halogens is 2. The van der Waals surface area contributed by atoms with Crippen LogP contribution in [0.1, 0.15) is 0 Å². The summed E-state index contributed by atoms with van der Waals surface area (Å²) in [7, 11) is 0. The van der Waals surface area contributed by atoms with E-state index in [1.807, 2.05) is 0 Å². The molecule has 76 valence electrons. The summed E-state index contributed by atoms with van der Waals surface area (Å²) in [6.07, 6.45) is 1.16. The molecule has 15 heavy (non-hydrogen) atoms. The van der Waals surface area contributed by atoms with Gasteiger partial charge in [-0.1, -0.05) is 23.2 Å². The zero-order valence-electron chi connectivity index (χ0n) is 7.15. The minimum absolute atomic E-state index is 0.105. The summed E-state index contributed by atoms with van der Waals surface area (Å²) in [4.78, 5) is 17.7. The molecular formula is C8H3Cl2N3O2. The Hall–Kier alpha value is -1.46. The molecule has 2 rings (SSSR count). The zero-order chi connectivity index (χ0) is 11.0. The van der Waals surface area contributed by atoms with Gasteiger partial charge >= 0.3 is 0 Å². The maximum atomic E-state index is 10.7. The van der Waals surface area contributed by atoms with Gasteiger partial charge in [0.05, 0.1) is 15.3 Å². The third-order valence-corrected chi connectivity index (χ3v) is 2.47. The van der Waals surface area contributed by atoms with Crippen LogP contribution in [-0.2, 0) is 0 Å². The molecule has 1 heterocycles. The molecule has 0 radical (unpaired) electrons. The normalized spacial score (nSPS) is 10.5. The van der Waals surface area contributed by atoms with Gasteiger partial charge in [0.1, 0.15) is 11.5 Å². The third kappa shape index (κ3) is 1.60. The first-order valence-corrected chi connectivity index (χ1v) is 4.60. The number of nitro groups is 1. The van der Waals surface area contributed by atoms with E-state index in [0.29, 0.717) is 10.4 Å². The van der Waals surface area contributed by atoms with E-state index < -0.39 is 4.92 Å². The van der Waals surface area contributed by atoms with Gasteiger partial charge in [-0.2, -0.15) is 0 Å². The molecule has 0 aliphatic heterocycles. The number of non-ortho nitro benzene ring substituents is 1. The summed E-state index contributed by atoms with van der Waals surface area (Å²) in [6.45, 7) is 0. The van der Waals surface area contributed by atoms with Crippen molar-refractivity contribution in [3.8, 4) is 0 Å². The van der Waals surface area contributed by atoms with E-state index in [9.17, 15) is 10.1 Å². The molecule has 0 amide bonds. The topological polar surface area (TPSA) is 68.9 Å². The summed E-state index contributed by atoms with van der Waals surface area (Å²) >= 11 is 11.6. The first-order chi connectivity index (χ1) is 7.11. The Morgan fingerprint density at radius 3 is 2.67 bits per heavy atom. The number of rotatable bonds is 1. The smallest absolute Gasteiger partial charge is 0.258 e. The highest BCUT2D eigenvalue weighted by Crippen LogP contribution is 2.32. The Bertz CT molecular complexity index is 551. The summed E-state index contributed by atoms with van der Waals surface area (Å²) in [5, 5.41) is 11.4. The number of nitro benzene ring substituents is 1. The average molecular weight is 244 g/mol. The molecule has 0 atom stereocenters. The van der Waals surface area contributed by atoms with E-state index in [1.165, 1.54) is 12.1 Å². The largest absolute Gasteiger partial charge is 0.295 e. The molecule has 5 nitrogen and oxygen atoms in total. The van der Waals surface area contributed by atoms with E-state index >= 15 is 0 Å². The molecule has 0 aliphatic rings. The summed E-state index contributed by atoms with van der Waals surface area (Å²) in [5.74, 6) is 0. The van der Waals surface area contributed by atoms with Crippen molar-refractivity contribution < 1.29 is 4.92 Å². The number of hydrogen-bond acceptors (Lipinski definition) is 4. The van der Waals surface area contributed by atoms with Gasteiger partial charge in [-0.3, -0.25) is 10.1 Å². The lowest BCUT2D eigenvalue weighted by molar-refractivity contribution is -0.383. The van der Waals surface area contributed by atoms with Crippen LogP contribution in [0, 0.1) is 10.1 Å². The third-order valence-electron chi connectivity index (χ3n) is 1.87. The van der Waals surface area contributed by atoms with Gasteiger partial charge in [-0.05, 0) is 6.07 Å². The molecule has 1 aromatic heterocycles. The van der Waals surface area contributed by atoms with Gasteiger partial charge in [0.25, 0.3) is 5.69 Å². The SMILES string of the molecule is O=[N+]([O-])c1ccc(Cl)c2c(Cl)ncnc12. The average Bonchev–Trinajstić information content (AvgIpc) is 2.17. The maximum Gasteiger partial charge on any atom is 0.295 e. The monoisotopic (exact) mass is 243 g/mol. The predicted molar refractivity (Wildman–Crippen MR) is 56.2 cm³/mol. The second-order valence-electron chi connectivity index (χ2n) is 2.71. The van der Waals surface area contributed by atoms with Gasteiger partial charge in [-0.15, -0.1) is 0 Å². The lowest BCUT2D eigenvalue weighted by atomic mass is 10.2. The number of benzene rings is 1. The molecule has 2 aromatic rings. The van der Waals surface area contributed by atoms with Crippen molar-refractivity contribution in [1.82, 2.24) is 9.97 Å². The maximum absolute atomic E-state index is 10.7. The van der Waals surface area contributed by atoms with Crippen LogP contribution in [0.15, 0.2) is 18.5 Å². The molecule has 0 aliphatic carbocycles. The Labute approximate surface area is 93.8 Å². The van der Waals surface area contributed by atoms with Crippen molar-refractivity contribution in [2.45, 2.75) is 0 Å². The van der Waals surface area contributed by atoms with E-state index in [1.54, 1.807) is 0 Å². The van der Waals surface area contributed by atoms with Crippen LogP contribution in [0.5, 0.6) is 0 Å². The summed E-state index contributed by atoms with van der Waals surface area (Å²) in [6, 6.07) is 2.69. The van der Waals surface area contributed by atoms with Crippen molar-refractivity contribution in [3.63, 3.8) is 0 Å². The predicted octanol–water partition coefficient (Wildman–Crippen LogP) is 2.84. The molecular weight excluding hydrogens is 241 g/mol. The first kappa shape index (κ1) is 10.1. The number of nitrogens with zero attached hydrogens (tertiary/aromatic N) is 3.